The van der Waals surface area contributed by atoms with Crippen molar-refractivity contribution in [2.45, 2.75) is 37.8 Å². The zero-order valence-electron chi connectivity index (χ0n) is 14.3. The van der Waals surface area contributed by atoms with Crippen LogP contribution in [0, 0.1) is 0 Å². The molecule has 2 heterocycles. The van der Waals surface area contributed by atoms with Crippen LogP contribution < -0.4 is 5.73 Å². The highest BCUT2D eigenvalue weighted by Gasteiger charge is 2.36. The maximum Gasteiger partial charge on any atom is 0.257 e. The molecule has 1 aliphatic carbocycles. The third kappa shape index (κ3) is 4.19. The highest BCUT2D eigenvalue weighted by atomic mass is 35.5. The highest BCUT2D eigenvalue weighted by Crippen LogP contribution is 2.35. The quantitative estimate of drug-likeness (QED) is 0.876. The van der Waals surface area contributed by atoms with Gasteiger partial charge in [0, 0.05) is 36.7 Å². The fourth-order valence-corrected chi connectivity index (χ4v) is 4.52. The molecule has 2 aliphatic rings. The molecular weight excluding hydrogens is 356 g/mol. The first-order valence-corrected chi connectivity index (χ1v) is 9.91. The lowest BCUT2D eigenvalue weighted by Gasteiger charge is -2.26. The Balaban J connectivity index is 0.00000182. The molecule has 25 heavy (non-hydrogen) atoms. The van der Waals surface area contributed by atoms with Crippen molar-refractivity contribution in [2.75, 3.05) is 24.6 Å². The van der Waals surface area contributed by atoms with Crippen LogP contribution in [-0.2, 0) is 12.1 Å². The van der Waals surface area contributed by atoms with Gasteiger partial charge in [-0.3, -0.25) is 4.90 Å². The zero-order chi connectivity index (χ0) is 16.4. The van der Waals surface area contributed by atoms with Crippen molar-refractivity contribution in [1.82, 2.24) is 15.0 Å². The Bertz CT molecular complexity index is 679. The van der Waals surface area contributed by atoms with Crippen LogP contribution in [0.4, 0.5) is 0 Å². The van der Waals surface area contributed by atoms with Crippen molar-refractivity contribution in [3.63, 3.8) is 0 Å². The first-order valence-electron chi connectivity index (χ1n) is 8.75. The maximum atomic E-state index is 6.41. The minimum Gasteiger partial charge on any atom is -0.334 e. The minimum atomic E-state index is -0.395. The molecule has 5 nitrogen and oxygen atoms in total. The van der Waals surface area contributed by atoms with E-state index in [2.05, 4.69) is 39.3 Å². The Morgan fingerprint density at radius 2 is 1.80 bits per heavy atom. The van der Waals surface area contributed by atoms with E-state index in [0.717, 1.165) is 37.8 Å². The summed E-state index contributed by atoms with van der Waals surface area (Å²) in [5, 5.41) is 4.14. The van der Waals surface area contributed by atoms with E-state index < -0.39 is 5.54 Å². The molecule has 1 aliphatic heterocycles. The van der Waals surface area contributed by atoms with E-state index in [-0.39, 0.29) is 12.4 Å². The Morgan fingerprint density at radius 3 is 2.48 bits per heavy atom. The molecule has 2 aromatic rings. The molecule has 1 aromatic carbocycles. The van der Waals surface area contributed by atoms with Gasteiger partial charge in [0.2, 0.25) is 0 Å². The largest absolute Gasteiger partial charge is 0.334 e. The third-order valence-electron chi connectivity index (χ3n) is 5.08. The fraction of sp³-hybridized carbons (Fsp3) is 0.556. The van der Waals surface area contributed by atoms with Gasteiger partial charge < -0.3 is 10.3 Å². The van der Waals surface area contributed by atoms with Gasteiger partial charge in [-0.05, 0) is 30.5 Å². The highest BCUT2D eigenvalue weighted by molar-refractivity contribution is 7.99. The lowest BCUT2D eigenvalue weighted by atomic mass is 9.98. The van der Waals surface area contributed by atoms with Crippen LogP contribution in [-0.4, -0.2) is 39.6 Å². The van der Waals surface area contributed by atoms with Crippen molar-refractivity contribution >= 4 is 24.2 Å². The summed E-state index contributed by atoms with van der Waals surface area (Å²) in [7, 11) is 0. The molecule has 7 heteroatoms. The molecule has 0 atom stereocenters. The summed E-state index contributed by atoms with van der Waals surface area (Å²) in [6.45, 7) is 3.37. The van der Waals surface area contributed by atoms with Crippen LogP contribution in [0.1, 0.15) is 37.1 Å². The Kier molecular flexibility index (Phi) is 6.04. The van der Waals surface area contributed by atoms with Crippen molar-refractivity contribution in [3.8, 4) is 11.5 Å². The van der Waals surface area contributed by atoms with Crippen LogP contribution in [0.2, 0.25) is 0 Å². The lowest BCUT2D eigenvalue weighted by molar-refractivity contribution is 0.294. The van der Waals surface area contributed by atoms with Gasteiger partial charge in [-0.25, -0.2) is 0 Å². The van der Waals surface area contributed by atoms with E-state index in [1.54, 1.807) is 0 Å². The number of nitrogens with zero attached hydrogens (tertiary/aromatic N) is 3. The predicted octanol–water partition coefficient (Wildman–Crippen LogP) is 3.44. The van der Waals surface area contributed by atoms with E-state index in [4.69, 9.17) is 10.3 Å². The normalized spacial score (nSPS) is 20.4. The lowest BCUT2D eigenvalue weighted by Crippen LogP contribution is -2.34. The van der Waals surface area contributed by atoms with Gasteiger partial charge in [-0.1, -0.05) is 30.1 Å². The molecule has 1 aromatic heterocycles. The standard InChI is InChI=1S/C18H24N4OS.ClH/c19-18(7-1-2-8-18)17-20-16(23-21-17)15-5-3-14(4-6-15)13-22-9-11-24-12-10-22;/h3-6H,1-2,7-13,19H2;1H. The first kappa shape index (κ1) is 18.7. The average Bonchev–Trinajstić information content (AvgIpc) is 3.27. The second kappa shape index (κ2) is 8.08. The van der Waals surface area contributed by atoms with Gasteiger partial charge in [-0.2, -0.15) is 16.7 Å². The molecule has 2 fully saturated rings. The van der Waals surface area contributed by atoms with Crippen molar-refractivity contribution in [3.05, 3.63) is 35.7 Å². The van der Waals surface area contributed by atoms with E-state index >= 15 is 0 Å². The Morgan fingerprint density at radius 1 is 1.12 bits per heavy atom. The molecule has 4 rings (SSSR count). The summed E-state index contributed by atoms with van der Waals surface area (Å²) >= 11 is 2.04. The number of hydrogen-bond acceptors (Lipinski definition) is 6. The van der Waals surface area contributed by atoms with Gasteiger partial charge in [0.1, 0.15) is 0 Å². The molecule has 0 spiro atoms. The van der Waals surface area contributed by atoms with Crippen molar-refractivity contribution in [1.29, 1.82) is 0 Å². The predicted molar refractivity (Wildman–Crippen MR) is 104 cm³/mol. The molecule has 0 amide bonds. The number of thioether (sulfide) groups is 1. The molecule has 0 bridgehead atoms. The smallest absolute Gasteiger partial charge is 0.257 e. The average molecular weight is 381 g/mol. The number of benzene rings is 1. The van der Waals surface area contributed by atoms with E-state index in [9.17, 15) is 0 Å². The Labute approximate surface area is 159 Å². The zero-order valence-corrected chi connectivity index (χ0v) is 16.0. The summed E-state index contributed by atoms with van der Waals surface area (Å²) in [6, 6.07) is 8.47. The molecule has 1 saturated carbocycles. The summed E-state index contributed by atoms with van der Waals surface area (Å²) in [6.07, 6.45) is 4.17. The van der Waals surface area contributed by atoms with Crippen molar-refractivity contribution < 1.29 is 4.52 Å². The van der Waals surface area contributed by atoms with Gasteiger partial charge in [0.15, 0.2) is 5.82 Å². The van der Waals surface area contributed by atoms with Gasteiger partial charge in [0.25, 0.3) is 5.89 Å². The van der Waals surface area contributed by atoms with Crippen LogP contribution in [0.25, 0.3) is 11.5 Å². The van der Waals surface area contributed by atoms with Crippen LogP contribution in [0.15, 0.2) is 28.8 Å². The summed E-state index contributed by atoms with van der Waals surface area (Å²) in [4.78, 5) is 7.07. The number of hydrogen-bond donors (Lipinski definition) is 1. The second-order valence-electron chi connectivity index (χ2n) is 6.87. The molecule has 2 N–H and O–H groups in total. The van der Waals surface area contributed by atoms with E-state index in [1.807, 2.05) is 11.8 Å². The molecule has 0 radical (unpaired) electrons. The summed E-state index contributed by atoms with van der Waals surface area (Å²) in [5.41, 5.74) is 8.31. The topological polar surface area (TPSA) is 68.2 Å². The van der Waals surface area contributed by atoms with Crippen LogP contribution >= 0.6 is 24.2 Å². The van der Waals surface area contributed by atoms with Crippen LogP contribution in [0.5, 0.6) is 0 Å². The summed E-state index contributed by atoms with van der Waals surface area (Å²) < 4.78 is 5.46. The van der Waals surface area contributed by atoms with E-state index in [0.29, 0.717) is 11.7 Å². The number of rotatable bonds is 4. The first-order chi connectivity index (χ1) is 11.7. The molecule has 136 valence electrons. The van der Waals surface area contributed by atoms with E-state index in [1.165, 1.54) is 30.2 Å². The second-order valence-corrected chi connectivity index (χ2v) is 8.10. The van der Waals surface area contributed by atoms with Gasteiger partial charge in [0.05, 0.1) is 5.54 Å². The van der Waals surface area contributed by atoms with Crippen molar-refractivity contribution in [2.24, 2.45) is 5.73 Å². The number of nitrogens with two attached hydrogens (primary N) is 1. The monoisotopic (exact) mass is 380 g/mol. The molecule has 0 unspecified atom stereocenters. The SMILES string of the molecule is Cl.NC1(c2noc(-c3ccc(CN4CCSCC4)cc3)n2)CCCC1. The van der Waals surface area contributed by atoms with Gasteiger partial charge in [-0.15, -0.1) is 12.4 Å². The maximum absolute atomic E-state index is 6.41. The summed E-state index contributed by atoms with van der Waals surface area (Å²) in [5.74, 6) is 3.71. The third-order valence-corrected chi connectivity index (χ3v) is 6.02. The molecular formula is C18H25ClN4OS. The van der Waals surface area contributed by atoms with Crippen LogP contribution in [0.3, 0.4) is 0 Å². The number of aromatic nitrogens is 2. The minimum absolute atomic E-state index is 0. The fourth-order valence-electron chi connectivity index (χ4n) is 3.54. The number of halogens is 1. The molecule has 1 saturated heterocycles. The van der Waals surface area contributed by atoms with Gasteiger partial charge >= 0.3 is 0 Å². The Hall–Kier alpha value is -1.08.